The Morgan fingerprint density at radius 1 is 1.21 bits per heavy atom. The van der Waals surface area contributed by atoms with Gasteiger partial charge in [0, 0.05) is 0 Å². The number of carbonyl (C=O) groups excluding carboxylic acids is 3. The summed E-state index contributed by atoms with van der Waals surface area (Å²) in [6.07, 6.45) is 2.11. The molecule has 1 aromatic carbocycles. The Balaban J connectivity index is 1.89. The van der Waals surface area contributed by atoms with Crippen molar-refractivity contribution < 1.29 is 23.9 Å². The molecule has 0 radical (unpaired) electrons. The number of benzene rings is 1. The van der Waals surface area contributed by atoms with Gasteiger partial charge in [0.05, 0.1) is 0 Å². The highest BCUT2D eigenvalue weighted by molar-refractivity contribution is 5.96. The van der Waals surface area contributed by atoms with Crippen LogP contribution in [-0.2, 0) is 27.2 Å². The molecule has 0 bridgehead atoms. The molecule has 0 fully saturated rings. The molecule has 3 N–H and O–H groups in total. The summed E-state index contributed by atoms with van der Waals surface area (Å²) >= 11 is 0. The van der Waals surface area contributed by atoms with Gasteiger partial charge in [-0.2, -0.15) is 0 Å². The third kappa shape index (κ3) is 4.71. The molecule has 0 spiro atoms. The van der Waals surface area contributed by atoms with E-state index >= 15 is 0 Å². The summed E-state index contributed by atoms with van der Waals surface area (Å²) in [7, 11) is 0. The Bertz CT molecular complexity index is 642. The first-order valence-corrected chi connectivity index (χ1v) is 7.91. The average Bonchev–Trinajstić information content (AvgIpc) is 2.97. The predicted molar refractivity (Wildman–Crippen MR) is 86.4 cm³/mol. The molecular formula is C17H22N2O5. The van der Waals surface area contributed by atoms with Gasteiger partial charge >= 0.3 is 12.0 Å². The van der Waals surface area contributed by atoms with Crippen molar-refractivity contribution in [1.82, 2.24) is 5.32 Å². The number of amides is 3. The minimum atomic E-state index is -1.10. The summed E-state index contributed by atoms with van der Waals surface area (Å²) in [5.74, 6) is -1.15. The van der Waals surface area contributed by atoms with E-state index in [9.17, 15) is 14.4 Å². The molecule has 1 aliphatic carbocycles. The van der Waals surface area contributed by atoms with Gasteiger partial charge in [-0.25, -0.2) is 9.59 Å². The van der Waals surface area contributed by atoms with Crippen LogP contribution in [0.3, 0.4) is 0 Å². The lowest BCUT2D eigenvalue weighted by molar-refractivity contribution is -0.160. The fraction of sp³-hybridized carbons (Fsp3) is 0.471. The number of rotatable bonds is 6. The molecule has 130 valence electrons. The first kappa shape index (κ1) is 17.8. The minimum Gasteiger partial charge on any atom is -0.482 e. The fourth-order valence-electron chi connectivity index (χ4n) is 2.64. The van der Waals surface area contributed by atoms with Gasteiger partial charge in [-0.05, 0) is 48.4 Å². The zero-order valence-corrected chi connectivity index (χ0v) is 13.8. The van der Waals surface area contributed by atoms with E-state index in [1.165, 1.54) is 11.1 Å². The molecule has 0 aromatic heterocycles. The molecule has 0 heterocycles. The molecule has 0 saturated carbocycles. The summed E-state index contributed by atoms with van der Waals surface area (Å²) < 4.78 is 10.5. The quantitative estimate of drug-likeness (QED) is 0.763. The Hall–Kier alpha value is -2.57. The van der Waals surface area contributed by atoms with Crippen LogP contribution in [0.2, 0.25) is 0 Å². The summed E-state index contributed by atoms with van der Waals surface area (Å²) in [5.41, 5.74) is 7.46. The van der Waals surface area contributed by atoms with Crippen LogP contribution in [0.15, 0.2) is 18.2 Å². The lowest BCUT2D eigenvalue weighted by Crippen LogP contribution is -2.46. The zero-order chi connectivity index (χ0) is 17.7. The Morgan fingerprint density at radius 2 is 1.92 bits per heavy atom. The van der Waals surface area contributed by atoms with E-state index in [-0.39, 0.29) is 12.5 Å². The lowest BCUT2D eigenvalue weighted by Gasteiger charge is -2.19. The van der Waals surface area contributed by atoms with Crippen LogP contribution in [-0.4, -0.2) is 30.6 Å². The number of hydrogen-bond donors (Lipinski definition) is 2. The minimum absolute atomic E-state index is 0.312. The second-order valence-electron chi connectivity index (χ2n) is 6.08. The van der Waals surface area contributed by atoms with Crippen molar-refractivity contribution in [2.45, 2.75) is 39.2 Å². The second-order valence-corrected chi connectivity index (χ2v) is 6.08. The van der Waals surface area contributed by atoms with Crippen molar-refractivity contribution in [2.24, 2.45) is 11.7 Å². The SMILES string of the molecule is CC(C)[C@@H](OC(=O)COc1ccc2c(c1)CCC2)C(=O)NC(N)=O. The number of nitrogens with two attached hydrogens (primary N) is 1. The number of aryl methyl sites for hydroxylation is 2. The Kier molecular flexibility index (Phi) is 5.78. The molecule has 0 unspecified atom stereocenters. The van der Waals surface area contributed by atoms with Crippen molar-refractivity contribution in [3.8, 4) is 5.75 Å². The highest BCUT2D eigenvalue weighted by Gasteiger charge is 2.27. The molecular weight excluding hydrogens is 312 g/mol. The van der Waals surface area contributed by atoms with Gasteiger partial charge in [0.15, 0.2) is 12.7 Å². The monoisotopic (exact) mass is 334 g/mol. The Morgan fingerprint density at radius 3 is 2.58 bits per heavy atom. The van der Waals surface area contributed by atoms with E-state index in [0.29, 0.717) is 5.75 Å². The molecule has 24 heavy (non-hydrogen) atoms. The fourth-order valence-corrected chi connectivity index (χ4v) is 2.64. The summed E-state index contributed by atoms with van der Waals surface area (Å²) in [4.78, 5) is 34.5. The number of hydrogen-bond acceptors (Lipinski definition) is 5. The molecule has 7 heteroatoms. The van der Waals surface area contributed by atoms with Gasteiger partial charge in [0.2, 0.25) is 0 Å². The maximum absolute atomic E-state index is 11.9. The van der Waals surface area contributed by atoms with E-state index in [0.717, 1.165) is 19.3 Å². The number of primary amides is 1. The molecule has 0 saturated heterocycles. The second kappa shape index (κ2) is 7.81. The van der Waals surface area contributed by atoms with Crippen molar-refractivity contribution in [3.63, 3.8) is 0 Å². The molecule has 1 aliphatic rings. The third-order valence-corrected chi connectivity index (χ3v) is 3.80. The molecule has 2 rings (SSSR count). The number of imide groups is 1. The van der Waals surface area contributed by atoms with Gasteiger partial charge in [-0.15, -0.1) is 0 Å². The topological polar surface area (TPSA) is 108 Å². The summed E-state index contributed by atoms with van der Waals surface area (Å²) in [6.45, 7) is 3.08. The van der Waals surface area contributed by atoms with Crippen LogP contribution in [0, 0.1) is 5.92 Å². The smallest absolute Gasteiger partial charge is 0.344 e. The van der Waals surface area contributed by atoms with Crippen LogP contribution in [0.1, 0.15) is 31.4 Å². The first-order chi connectivity index (χ1) is 11.4. The maximum atomic E-state index is 11.9. The van der Waals surface area contributed by atoms with Crippen molar-refractivity contribution in [3.05, 3.63) is 29.3 Å². The first-order valence-electron chi connectivity index (χ1n) is 7.91. The molecule has 7 nitrogen and oxygen atoms in total. The summed E-state index contributed by atoms with van der Waals surface area (Å²) in [6, 6.07) is 4.75. The number of urea groups is 1. The van der Waals surface area contributed by atoms with Crippen molar-refractivity contribution in [1.29, 1.82) is 0 Å². The predicted octanol–water partition coefficient (Wildman–Crippen LogP) is 1.32. The van der Waals surface area contributed by atoms with E-state index in [1.54, 1.807) is 13.8 Å². The largest absolute Gasteiger partial charge is 0.482 e. The van der Waals surface area contributed by atoms with E-state index in [2.05, 4.69) is 0 Å². The number of fused-ring (bicyclic) bond motifs is 1. The lowest BCUT2D eigenvalue weighted by atomic mass is 10.1. The van der Waals surface area contributed by atoms with Crippen LogP contribution in [0.5, 0.6) is 5.75 Å². The van der Waals surface area contributed by atoms with E-state index in [1.807, 2.05) is 23.5 Å². The van der Waals surface area contributed by atoms with Crippen LogP contribution in [0.4, 0.5) is 4.79 Å². The molecule has 1 atom stereocenters. The van der Waals surface area contributed by atoms with Gasteiger partial charge < -0.3 is 15.2 Å². The number of esters is 1. The van der Waals surface area contributed by atoms with Crippen LogP contribution in [0.25, 0.3) is 0 Å². The van der Waals surface area contributed by atoms with Crippen LogP contribution >= 0.6 is 0 Å². The Labute approximate surface area is 140 Å². The average molecular weight is 334 g/mol. The number of carbonyl (C=O) groups is 3. The van der Waals surface area contributed by atoms with Crippen molar-refractivity contribution in [2.75, 3.05) is 6.61 Å². The third-order valence-electron chi connectivity index (χ3n) is 3.80. The van der Waals surface area contributed by atoms with E-state index < -0.39 is 24.0 Å². The number of nitrogens with one attached hydrogen (secondary N) is 1. The van der Waals surface area contributed by atoms with Gasteiger partial charge in [-0.1, -0.05) is 19.9 Å². The standard InChI is InChI=1S/C17H22N2O5/c1-10(2)15(16(21)19-17(18)22)24-14(20)9-23-13-7-6-11-4-3-5-12(11)8-13/h6-8,10,15H,3-5,9H2,1-2H3,(H3,18,19,21,22)/t15-/m1/s1. The molecule has 0 aliphatic heterocycles. The van der Waals surface area contributed by atoms with Crippen LogP contribution < -0.4 is 15.8 Å². The number of ether oxygens (including phenoxy) is 2. The van der Waals surface area contributed by atoms with Gasteiger partial charge in [0.1, 0.15) is 5.75 Å². The molecule has 1 aromatic rings. The van der Waals surface area contributed by atoms with Crippen molar-refractivity contribution >= 4 is 17.9 Å². The highest BCUT2D eigenvalue weighted by atomic mass is 16.6. The highest BCUT2D eigenvalue weighted by Crippen LogP contribution is 2.26. The van der Waals surface area contributed by atoms with Gasteiger partial charge in [0.25, 0.3) is 5.91 Å². The van der Waals surface area contributed by atoms with E-state index in [4.69, 9.17) is 15.2 Å². The maximum Gasteiger partial charge on any atom is 0.344 e. The molecule has 3 amide bonds. The van der Waals surface area contributed by atoms with Gasteiger partial charge in [-0.3, -0.25) is 10.1 Å². The normalized spacial score (nSPS) is 14.0. The zero-order valence-electron chi connectivity index (χ0n) is 13.8. The summed E-state index contributed by atoms with van der Waals surface area (Å²) in [5, 5.41) is 1.91.